The molecule has 68 valence electrons. The first-order valence-electron chi connectivity index (χ1n) is 4.03. The molecule has 2 atom stereocenters. The van der Waals surface area contributed by atoms with E-state index in [4.69, 9.17) is 10.0 Å². The monoisotopic (exact) mass is 173 g/mol. The van der Waals surface area contributed by atoms with Crippen LogP contribution in [0.4, 0.5) is 0 Å². The maximum atomic E-state index is 11.3. The van der Waals surface area contributed by atoms with Gasteiger partial charge in [0.05, 0.1) is 5.94 Å². The van der Waals surface area contributed by atoms with Gasteiger partial charge in [-0.1, -0.05) is 0 Å². The van der Waals surface area contributed by atoms with Gasteiger partial charge in [0.2, 0.25) is 0 Å². The second-order valence-electron chi connectivity index (χ2n) is 3.17. The lowest BCUT2D eigenvalue weighted by atomic mass is 9.80. The lowest BCUT2D eigenvalue weighted by molar-refractivity contribution is -0.401. The number of quaternary nitrogens is 1. The van der Waals surface area contributed by atoms with Crippen molar-refractivity contribution in [3.05, 3.63) is 0 Å². The number of rotatable bonds is 2. The first kappa shape index (κ1) is 9.50. The molecule has 5 nitrogen and oxygen atoms in total. The number of nitrogens with zero attached hydrogens (tertiary/aromatic N) is 1. The summed E-state index contributed by atoms with van der Waals surface area (Å²) in [7, 11) is -1.46. The van der Waals surface area contributed by atoms with Crippen LogP contribution in [0.5, 0.6) is 0 Å². The minimum absolute atomic E-state index is 0.0874. The predicted octanol–water partition coefficient (Wildman–Crippen LogP) is -2.77. The van der Waals surface area contributed by atoms with Gasteiger partial charge in [0.1, 0.15) is 0 Å². The molecule has 5 N–H and O–H groups in total. The second kappa shape index (κ2) is 3.43. The summed E-state index contributed by atoms with van der Waals surface area (Å²) < 4.78 is 0. The number of amides is 1. The Bertz CT molecular complexity index is 188. The Kier molecular flexibility index (Phi) is 2.71. The Hall–Kier alpha value is -0.585. The van der Waals surface area contributed by atoms with E-state index >= 15 is 0 Å². The maximum Gasteiger partial charge on any atom is 0.475 e. The third-order valence-corrected chi connectivity index (χ3v) is 2.27. The van der Waals surface area contributed by atoms with Crippen molar-refractivity contribution >= 4 is 13.0 Å². The molecular weight excluding hydrogens is 159 g/mol. The molecule has 0 aromatic heterocycles. The Morgan fingerprint density at radius 3 is 2.67 bits per heavy atom. The summed E-state index contributed by atoms with van der Waals surface area (Å²) in [6, 6.07) is -0.216. The molecule has 1 fully saturated rings. The fraction of sp³-hybridized carbons (Fsp3) is 0.833. The number of carbonyl (C=O) groups is 1. The molecule has 1 heterocycles. The molecule has 6 heteroatoms. The van der Waals surface area contributed by atoms with Gasteiger partial charge in [-0.15, -0.1) is 0 Å². The summed E-state index contributed by atoms with van der Waals surface area (Å²) in [6.07, 6.45) is 0.704. The van der Waals surface area contributed by atoms with Crippen LogP contribution in [0.1, 0.15) is 13.3 Å². The molecule has 0 aromatic carbocycles. The molecule has 0 aromatic rings. The molecule has 1 saturated heterocycles. The highest BCUT2D eigenvalue weighted by Crippen LogP contribution is 2.12. The van der Waals surface area contributed by atoms with Gasteiger partial charge in [0.25, 0.3) is 5.91 Å². The van der Waals surface area contributed by atoms with Crippen LogP contribution in [0.25, 0.3) is 0 Å². The summed E-state index contributed by atoms with van der Waals surface area (Å²) in [6.45, 7) is 2.19. The summed E-state index contributed by atoms with van der Waals surface area (Å²) in [5.41, 5.74) is 3.66. The topological polar surface area (TPSA) is 88.4 Å². The van der Waals surface area contributed by atoms with Gasteiger partial charge in [-0.05, 0) is 6.92 Å². The predicted molar refractivity (Wildman–Crippen MR) is 42.7 cm³/mol. The third-order valence-electron chi connectivity index (χ3n) is 2.27. The van der Waals surface area contributed by atoms with Crippen molar-refractivity contribution in [1.82, 2.24) is 4.90 Å². The van der Waals surface area contributed by atoms with Gasteiger partial charge in [0.15, 0.2) is 6.04 Å². The molecule has 1 amide bonds. The molecular formula is C6H14BN2O3+. The lowest BCUT2D eigenvalue weighted by Gasteiger charge is -2.22. The van der Waals surface area contributed by atoms with Gasteiger partial charge >= 0.3 is 7.12 Å². The van der Waals surface area contributed by atoms with Crippen molar-refractivity contribution in [2.24, 2.45) is 0 Å². The van der Waals surface area contributed by atoms with Crippen LogP contribution in [0.15, 0.2) is 0 Å². The fourth-order valence-electron chi connectivity index (χ4n) is 1.33. The molecule has 1 unspecified atom stereocenters. The van der Waals surface area contributed by atoms with E-state index in [1.54, 1.807) is 6.92 Å². The summed E-state index contributed by atoms with van der Waals surface area (Å²) in [5, 5.41) is 17.7. The van der Waals surface area contributed by atoms with E-state index in [-0.39, 0.29) is 11.9 Å². The molecule has 0 spiro atoms. The summed E-state index contributed by atoms with van der Waals surface area (Å²) in [4.78, 5) is 12.8. The molecule has 1 aliphatic heterocycles. The normalized spacial score (nSPS) is 26.2. The zero-order valence-electron chi connectivity index (χ0n) is 7.10. The highest BCUT2D eigenvalue weighted by atomic mass is 16.4. The van der Waals surface area contributed by atoms with Gasteiger partial charge < -0.3 is 20.7 Å². The Balaban J connectivity index is 2.59. The Morgan fingerprint density at radius 1 is 1.75 bits per heavy atom. The second-order valence-corrected chi connectivity index (χ2v) is 3.17. The van der Waals surface area contributed by atoms with Gasteiger partial charge in [-0.25, -0.2) is 0 Å². The minimum atomic E-state index is -1.46. The molecule has 0 aliphatic carbocycles. The van der Waals surface area contributed by atoms with E-state index in [0.717, 1.165) is 0 Å². The van der Waals surface area contributed by atoms with Crippen LogP contribution in [-0.4, -0.2) is 46.5 Å². The van der Waals surface area contributed by atoms with Crippen LogP contribution >= 0.6 is 0 Å². The average molecular weight is 173 g/mol. The summed E-state index contributed by atoms with van der Waals surface area (Å²) >= 11 is 0. The van der Waals surface area contributed by atoms with Crippen molar-refractivity contribution in [1.29, 1.82) is 0 Å². The van der Waals surface area contributed by atoms with Crippen molar-refractivity contribution in [2.45, 2.75) is 25.3 Å². The van der Waals surface area contributed by atoms with Crippen molar-refractivity contribution in [3.63, 3.8) is 0 Å². The number of carbonyl (C=O) groups excluding carboxylic acids is 1. The van der Waals surface area contributed by atoms with Gasteiger partial charge in [0, 0.05) is 13.0 Å². The van der Waals surface area contributed by atoms with Crippen LogP contribution in [0.3, 0.4) is 0 Å². The fourth-order valence-corrected chi connectivity index (χ4v) is 1.33. The molecule has 0 radical (unpaired) electrons. The van der Waals surface area contributed by atoms with Crippen LogP contribution in [0, 0.1) is 0 Å². The quantitative estimate of drug-likeness (QED) is 0.395. The van der Waals surface area contributed by atoms with Gasteiger partial charge in [-0.3, -0.25) is 4.79 Å². The van der Waals surface area contributed by atoms with Crippen LogP contribution in [0.2, 0.25) is 0 Å². The smallest absolute Gasteiger partial charge is 0.426 e. The Morgan fingerprint density at radius 2 is 2.33 bits per heavy atom. The summed E-state index contributed by atoms with van der Waals surface area (Å²) in [5.74, 6) is -0.611. The minimum Gasteiger partial charge on any atom is -0.426 e. The highest BCUT2D eigenvalue weighted by molar-refractivity contribution is 6.43. The van der Waals surface area contributed by atoms with E-state index in [9.17, 15) is 4.79 Å². The average Bonchev–Trinajstić information content (AvgIpc) is 2.32. The molecule has 0 bridgehead atoms. The van der Waals surface area contributed by atoms with Crippen LogP contribution in [-0.2, 0) is 4.79 Å². The largest absolute Gasteiger partial charge is 0.475 e. The molecule has 1 aliphatic rings. The van der Waals surface area contributed by atoms with E-state index in [2.05, 4.69) is 5.73 Å². The molecule has 0 saturated carbocycles. The number of hydrogen-bond acceptors (Lipinski definition) is 3. The Labute approximate surface area is 71.3 Å². The number of hydrogen-bond donors (Lipinski definition) is 3. The van der Waals surface area contributed by atoms with Crippen molar-refractivity contribution in [2.75, 3.05) is 6.54 Å². The van der Waals surface area contributed by atoms with Gasteiger partial charge in [-0.2, -0.15) is 0 Å². The third kappa shape index (κ3) is 1.60. The lowest BCUT2D eigenvalue weighted by Crippen LogP contribution is -2.65. The standard InChI is InChI=1S/C6H13BN2O3/c1-4(7(11)12)9-3-2-5(8)6(9)10/h4-5,11-12H,2-3,8H2,1H3/p+1/t4-,5?/m0/s1. The molecule has 12 heavy (non-hydrogen) atoms. The first-order valence-corrected chi connectivity index (χ1v) is 4.03. The maximum absolute atomic E-state index is 11.3. The highest BCUT2D eigenvalue weighted by Gasteiger charge is 2.38. The van der Waals surface area contributed by atoms with E-state index in [0.29, 0.717) is 13.0 Å². The van der Waals surface area contributed by atoms with E-state index < -0.39 is 13.1 Å². The SMILES string of the molecule is C[C@@H](B(O)O)N1CCC([NH3+])C1=O. The first-order chi connectivity index (χ1) is 5.54. The van der Waals surface area contributed by atoms with Crippen molar-refractivity contribution < 1.29 is 20.6 Å². The van der Waals surface area contributed by atoms with E-state index in [1.807, 2.05) is 0 Å². The number of likely N-dealkylation sites (tertiary alicyclic amines) is 1. The zero-order valence-corrected chi connectivity index (χ0v) is 7.10. The molecule has 1 rings (SSSR count). The van der Waals surface area contributed by atoms with Crippen molar-refractivity contribution in [3.8, 4) is 0 Å². The van der Waals surface area contributed by atoms with Crippen LogP contribution < -0.4 is 5.73 Å². The van der Waals surface area contributed by atoms with E-state index in [1.165, 1.54) is 4.90 Å². The zero-order chi connectivity index (χ0) is 9.30.